The van der Waals surface area contributed by atoms with Gasteiger partial charge in [-0.1, -0.05) is 32.0 Å². The predicted octanol–water partition coefficient (Wildman–Crippen LogP) is 5.63. The summed E-state index contributed by atoms with van der Waals surface area (Å²) in [6.45, 7) is 8.68. The molecule has 1 unspecified atom stereocenters. The van der Waals surface area contributed by atoms with Crippen molar-refractivity contribution in [2.45, 2.75) is 39.7 Å². The summed E-state index contributed by atoms with van der Waals surface area (Å²) in [6, 6.07) is 16.9. The third-order valence-corrected chi connectivity index (χ3v) is 6.07. The molecule has 0 saturated carbocycles. The monoisotopic (exact) mass is 486 g/mol. The molecule has 4 rings (SSSR count). The van der Waals surface area contributed by atoms with Crippen LogP contribution in [-0.2, 0) is 9.59 Å². The van der Waals surface area contributed by atoms with Crippen LogP contribution in [0.3, 0.4) is 0 Å². The Bertz CT molecular complexity index is 1280. The Kier molecular flexibility index (Phi) is 7.38. The molecule has 0 aliphatic carbocycles. The second kappa shape index (κ2) is 10.6. The van der Waals surface area contributed by atoms with E-state index in [1.807, 2.05) is 38.1 Å². The Hall–Kier alpha value is -4.13. The van der Waals surface area contributed by atoms with Gasteiger partial charge in [0.25, 0.3) is 11.7 Å². The van der Waals surface area contributed by atoms with Gasteiger partial charge in [-0.2, -0.15) is 0 Å². The van der Waals surface area contributed by atoms with E-state index in [9.17, 15) is 14.7 Å². The first kappa shape index (κ1) is 25.0. The lowest BCUT2D eigenvalue weighted by Gasteiger charge is -2.25. The van der Waals surface area contributed by atoms with Gasteiger partial charge in [-0.05, 0) is 61.7 Å². The van der Waals surface area contributed by atoms with Crippen molar-refractivity contribution in [1.29, 1.82) is 0 Å². The molecule has 0 radical (unpaired) electrons. The van der Waals surface area contributed by atoms with E-state index in [4.69, 9.17) is 9.47 Å². The highest BCUT2D eigenvalue weighted by atomic mass is 16.5. The minimum absolute atomic E-state index is 0.0447. The molecule has 7 nitrogen and oxygen atoms in total. The first-order chi connectivity index (χ1) is 17.4. The summed E-state index contributed by atoms with van der Waals surface area (Å²) in [7, 11) is 0. The summed E-state index contributed by atoms with van der Waals surface area (Å²) < 4.78 is 11.3. The molecule has 0 bridgehead atoms. The highest BCUT2D eigenvalue weighted by Gasteiger charge is 2.47. The van der Waals surface area contributed by atoms with Gasteiger partial charge in [0.15, 0.2) is 0 Å². The number of carbonyl (C=O) groups excluding carboxylic acids is 2. The van der Waals surface area contributed by atoms with E-state index in [0.717, 1.165) is 5.56 Å². The molecule has 36 heavy (non-hydrogen) atoms. The number of Topliss-reactive ketones (excluding diaryl/α,β-unsaturated/α-hetero) is 1. The van der Waals surface area contributed by atoms with E-state index in [0.29, 0.717) is 47.6 Å². The minimum atomic E-state index is -0.905. The van der Waals surface area contributed by atoms with E-state index >= 15 is 0 Å². The second-order valence-corrected chi connectivity index (χ2v) is 8.69. The first-order valence-corrected chi connectivity index (χ1v) is 12.1. The van der Waals surface area contributed by atoms with E-state index in [2.05, 4.69) is 18.8 Å². The van der Waals surface area contributed by atoms with Crippen molar-refractivity contribution in [2.75, 3.05) is 18.1 Å². The molecule has 1 aliphatic rings. The lowest BCUT2D eigenvalue weighted by Crippen LogP contribution is -2.29. The standard InChI is InChI=1S/C29H30N2O5/c1-5-35-21-14-15-22(24(17-21)36-6-2)27(32)25-26(23-9-7-8-16-30-23)31(29(34)28(25)33)20-12-10-19(11-13-20)18(3)4/h7-18,26,32H,5-6H2,1-4H3/b27-25-. The zero-order valence-electron chi connectivity index (χ0n) is 20.9. The molecule has 1 saturated heterocycles. The third-order valence-electron chi connectivity index (χ3n) is 6.07. The van der Waals surface area contributed by atoms with Crippen molar-refractivity contribution in [3.05, 3.63) is 89.3 Å². The van der Waals surface area contributed by atoms with Crippen molar-refractivity contribution < 1.29 is 24.2 Å². The number of aliphatic hydroxyl groups is 1. The lowest BCUT2D eigenvalue weighted by atomic mass is 9.97. The maximum absolute atomic E-state index is 13.4. The number of pyridine rings is 1. The molecule has 2 heterocycles. The number of hydrogen-bond donors (Lipinski definition) is 1. The molecule has 1 fully saturated rings. The Balaban J connectivity index is 1.90. The second-order valence-electron chi connectivity index (χ2n) is 8.69. The Morgan fingerprint density at radius 1 is 1.00 bits per heavy atom. The number of carbonyl (C=O) groups is 2. The summed E-state index contributed by atoms with van der Waals surface area (Å²) in [5, 5.41) is 11.5. The average molecular weight is 487 g/mol. The van der Waals surface area contributed by atoms with Crippen LogP contribution in [0.2, 0.25) is 0 Å². The Morgan fingerprint density at radius 2 is 1.72 bits per heavy atom. The first-order valence-electron chi connectivity index (χ1n) is 12.1. The van der Waals surface area contributed by atoms with Gasteiger partial charge in [0, 0.05) is 18.0 Å². The van der Waals surface area contributed by atoms with Crippen molar-refractivity contribution in [1.82, 2.24) is 4.98 Å². The van der Waals surface area contributed by atoms with Gasteiger partial charge in [0.05, 0.1) is 30.0 Å². The van der Waals surface area contributed by atoms with E-state index in [-0.39, 0.29) is 11.3 Å². The van der Waals surface area contributed by atoms with Crippen LogP contribution in [-0.4, -0.2) is 35.0 Å². The number of aliphatic hydroxyl groups excluding tert-OH is 1. The largest absolute Gasteiger partial charge is 0.507 e. The van der Waals surface area contributed by atoms with Crippen molar-refractivity contribution in [2.24, 2.45) is 0 Å². The maximum Gasteiger partial charge on any atom is 0.300 e. The summed E-state index contributed by atoms with van der Waals surface area (Å²) in [6.07, 6.45) is 1.60. The van der Waals surface area contributed by atoms with Gasteiger partial charge in [-0.3, -0.25) is 19.5 Å². The van der Waals surface area contributed by atoms with Crippen LogP contribution in [0.4, 0.5) is 5.69 Å². The van der Waals surface area contributed by atoms with Crippen LogP contribution >= 0.6 is 0 Å². The molecule has 1 aromatic heterocycles. The highest BCUT2D eigenvalue weighted by Crippen LogP contribution is 2.43. The van der Waals surface area contributed by atoms with Gasteiger partial charge in [0.2, 0.25) is 0 Å². The molecule has 7 heteroatoms. The van der Waals surface area contributed by atoms with Crippen LogP contribution in [0.15, 0.2) is 72.4 Å². The molecule has 3 aromatic rings. The molecule has 1 amide bonds. The van der Waals surface area contributed by atoms with Gasteiger partial charge in [-0.25, -0.2) is 0 Å². The highest BCUT2D eigenvalue weighted by molar-refractivity contribution is 6.51. The molecular weight excluding hydrogens is 456 g/mol. The van der Waals surface area contributed by atoms with Gasteiger partial charge >= 0.3 is 0 Å². The summed E-state index contributed by atoms with van der Waals surface area (Å²) in [5.74, 6) is -0.590. The van der Waals surface area contributed by atoms with Crippen molar-refractivity contribution in [3.63, 3.8) is 0 Å². The number of benzene rings is 2. The van der Waals surface area contributed by atoms with E-state index in [1.54, 1.807) is 42.6 Å². The topological polar surface area (TPSA) is 89.0 Å². The van der Waals surface area contributed by atoms with Gasteiger partial charge < -0.3 is 14.6 Å². The molecule has 1 aliphatic heterocycles. The third kappa shape index (κ3) is 4.69. The SMILES string of the molecule is CCOc1ccc(/C(O)=C2/C(=O)C(=O)N(c3ccc(C(C)C)cc3)C2c2ccccn2)c(OCC)c1. The molecule has 0 spiro atoms. The Morgan fingerprint density at radius 3 is 2.33 bits per heavy atom. The number of ketones is 1. The van der Waals surface area contributed by atoms with Gasteiger partial charge in [0.1, 0.15) is 23.3 Å². The van der Waals surface area contributed by atoms with E-state index < -0.39 is 17.7 Å². The van der Waals surface area contributed by atoms with Crippen molar-refractivity contribution in [3.8, 4) is 11.5 Å². The number of hydrogen-bond acceptors (Lipinski definition) is 6. The number of anilines is 1. The van der Waals surface area contributed by atoms with Crippen LogP contribution in [0.25, 0.3) is 5.76 Å². The summed E-state index contributed by atoms with van der Waals surface area (Å²) in [5.41, 5.74) is 2.38. The zero-order chi connectivity index (χ0) is 25.8. The fraction of sp³-hybridized carbons (Fsp3) is 0.276. The number of ether oxygens (including phenoxy) is 2. The van der Waals surface area contributed by atoms with Gasteiger partial charge in [-0.15, -0.1) is 0 Å². The maximum atomic E-state index is 13.4. The fourth-order valence-electron chi connectivity index (χ4n) is 4.31. The predicted molar refractivity (Wildman–Crippen MR) is 138 cm³/mol. The summed E-state index contributed by atoms with van der Waals surface area (Å²) in [4.78, 5) is 32.6. The molecule has 2 aromatic carbocycles. The number of aromatic nitrogens is 1. The number of nitrogens with zero attached hydrogens (tertiary/aromatic N) is 2. The van der Waals surface area contributed by atoms with Crippen molar-refractivity contribution >= 4 is 23.1 Å². The number of amides is 1. The average Bonchev–Trinajstić information content (AvgIpc) is 3.15. The van der Waals surface area contributed by atoms with Crippen LogP contribution in [0, 0.1) is 0 Å². The lowest BCUT2D eigenvalue weighted by molar-refractivity contribution is -0.132. The molecule has 1 atom stereocenters. The minimum Gasteiger partial charge on any atom is -0.507 e. The van der Waals surface area contributed by atoms with Crippen LogP contribution in [0.1, 0.15) is 56.5 Å². The normalized spacial score (nSPS) is 17.0. The van der Waals surface area contributed by atoms with E-state index in [1.165, 1.54) is 4.90 Å². The fourth-order valence-corrected chi connectivity index (χ4v) is 4.31. The Labute approximate surface area is 211 Å². The molecule has 1 N–H and O–H groups in total. The zero-order valence-corrected chi connectivity index (χ0v) is 20.9. The molecular formula is C29H30N2O5. The van der Waals surface area contributed by atoms with Crippen LogP contribution < -0.4 is 14.4 Å². The number of rotatable bonds is 8. The quantitative estimate of drug-likeness (QED) is 0.252. The smallest absolute Gasteiger partial charge is 0.300 e. The molecule has 186 valence electrons. The summed E-state index contributed by atoms with van der Waals surface area (Å²) >= 11 is 0. The van der Waals surface area contributed by atoms with Crippen LogP contribution in [0.5, 0.6) is 11.5 Å².